The zero-order valence-corrected chi connectivity index (χ0v) is 13.1. The predicted octanol–water partition coefficient (Wildman–Crippen LogP) is 2.82. The van der Waals surface area contributed by atoms with E-state index in [2.05, 4.69) is 11.4 Å². The smallest absolute Gasteiger partial charge is 0.223 e. The fraction of sp³-hybridized carbons (Fsp3) is 0.533. The molecule has 1 aromatic carbocycles. The van der Waals surface area contributed by atoms with Gasteiger partial charge in [0.1, 0.15) is 0 Å². The summed E-state index contributed by atoms with van der Waals surface area (Å²) in [5.41, 5.74) is 7.04. The molecule has 0 radical (unpaired) electrons. The van der Waals surface area contributed by atoms with Crippen molar-refractivity contribution >= 4 is 29.3 Å². The topological polar surface area (TPSA) is 55.1 Å². The zero-order valence-electron chi connectivity index (χ0n) is 11.5. The van der Waals surface area contributed by atoms with Crippen LogP contribution in [0.25, 0.3) is 0 Å². The van der Waals surface area contributed by atoms with Crippen molar-refractivity contribution < 1.29 is 4.79 Å². The van der Waals surface area contributed by atoms with Crippen LogP contribution in [0.5, 0.6) is 0 Å². The largest absolute Gasteiger partial charge is 0.355 e. The van der Waals surface area contributed by atoms with Gasteiger partial charge in [-0.3, -0.25) is 4.79 Å². The minimum atomic E-state index is 0.128. The summed E-state index contributed by atoms with van der Waals surface area (Å²) in [4.78, 5) is 11.9. The van der Waals surface area contributed by atoms with Crippen molar-refractivity contribution in [1.29, 1.82) is 0 Å². The minimum Gasteiger partial charge on any atom is -0.355 e. The van der Waals surface area contributed by atoms with Crippen molar-refractivity contribution in [2.45, 2.75) is 31.1 Å². The Hall–Kier alpha value is -0.710. The molecule has 1 aromatic rings. The molecule has 2 atom stereocenters. The lowest BCUT2D eigenvalue weighted by Gasteiger charge is -2.10. The maximum atomic E-state index is 11.9. The molecule has 1 amide bonds. The van der Waals surface area contributed by atoms with Gasteiger partial charge in [0.25, 0.3) is 0 Å². The van der Waals surface area contributed by atoms with Crippen LogP contribution in [0.3, 0.4) is 0 Å². The minimum absolute atomic E-state index is 0.128. The van der Waals surface area contributed by atoms with Gasteiger partial charge in [-0.25, -0.2) is 0 Å². The number of benzene rings is 1. The number of carbonyl (C=O) groups is 1. The SMILES string of the molecule is N[C@@H]1CC[C@H](C(=O)NCCSCc2cccc(Cl)c2)C1. The van der Waals surface area contributed by atoms with Gasteiger partial charge in [0.05, 0.1) is 0 Å². The van der Waals surface area contributed by atoms with E-state index in [1.807, 2.05) is 18.2 Å². The van der Waals surface area contributed by atoms with Crippen molar-refractivity contribution in [3.05, 3.63) is 34.9 Å². The molecule has 0 saturated heterocycles. The molecular weight excluding hydrogens is 292 g/mol. The third-order valence-electron chi connectivity index (χ3n) is 3.55. The number of rotatable bonds is 6. The van der Waals surface area contributed by atoms with E-state index in [9.17, 15) is 4.79 Å². The summed E-state index contributed by atoms with van der Waals surface area (Å²) in [6.45, 7) is 0.718. The van der Waals surface area contributed by atoms with Crippen LogP contribution >= 0.6 is 23.4 Å². The Morgan fingerprint density at radius 1 is 1.45 bits per heavy atom. The molecule has 1 fully saturated rings. The Labute approximate surface area is 129 Å². The van der Waals surface area contributed by atoms with Crippen LogP contribution < -0.4 is 11.1 Å². The van der Waals surface area contributed by atoms with E-state index in [0.717, 1.165) is 42.3 Å². The molecule has 5 heteroatoms. The number of halogens is 1. The van der Waals surface area contributed by atoms with E-state index in [-0.39, 0.29) is 17.9 Å². The second kappa shape index (κ2) is 7.91. The number of thioether (sulfide) groups is 1. The lowest BCUT2D eigenvalue weighted by Crippen LogP contribution is -2.32. The maximum absolute atomic E-state index is 11.9. The van der Waals surface area contributed by atoms with Crippen molar-refractivity contribution in [1.82, 2.24) is 5.32 Å². The number of nitrogens with one attached hydrogen (secondary N) is 1. The Balaban J connectivity index is 1.58. The molecule has 0 aliphatic heterocycles. The molecule has 3 N–H and O–H groups in total. The third kappa shape index (κ3) is 5.00. The Bertz CT molecular complexity index is 455. The maximum Gasteiger partial charge on any atom is 0.223 e. The van der Waals surface area contributed by atoms with Crippen LogP contribution in [-0.4, -0.2) is 24.2 Å². The highest BCUT2D eigenvalue weighted by Crippen LogP contribution is 2.24. The van der Waals surface area contributed by atoms with Gasteiger partial charge in [0, 0.05) is 35.0 Å². The predicted molar refractivity (Wildman–Crippen MR) is 85.9 cm³/mol. The second-order valence-electron chi connectivity index (χ2n) is 5.24. The van der Waals surface area contributed by atoms with E-state index < -0.39 is 0 Å². The molecule has 0 unspecified atom stereocenters. The standard InChI is InChI=1S/C15H21ClN2OS/c16-13-3-1-2-11(8-13)10-20-7-6-18-15(19)12-4-5-14(17)9-12/h1-3,8,12,14H,4-7,9-10,17H2,(H,18,19)/t12-,14+/m0/s1. The van der Waals surface area contributed by atoms with Gasteiger partial charge in [-0.15, -0.1) is 0 Å². The summed E-state index contributed by atoms with van der Waals surface area (Å²) in [7, 11) is 0. The molecule has 1 saturated carbocycles. The summed E-state index contributed by atoms with van der Waals surface area (Å²) in [6, 6.07) is 8.10. The quantitative estimate of drug-likeness (QED) is 0.794. The first-order valence-electron chi connectivity index (χ1n) is 7.00. The highest BCUT2D eigenvalue weighted by molar-refractivity contribution is 7.98. The van der Waals surface area contributed by atoms with Crippen LogP contribution in [0.1, 0.15) is 24.8 Å². The van der Waals surface area contributed by atoms with Gasteiger partial charge in [-0.05, 0) is 37.0 Å². The normalized spacial score (nSPS) is 21.9. The van der Waals surface area contributed by atoms with Crippen molar-refractivity contribution in [3.8, 4) is 0 Å². The lowest BCUT2D eigenvalue weighted by molar-refractivity contribution is -0.124. The average molecular weight is 313 g/mol. The van der Waals surface area contributed by atoms with E-state index in [0.29, 0.717) is 0 Å². The first kappa shape index (κ1) is 15.7. The molecule has 0 aromatic heterocycles. The van der Waals surface area contributed by atoms with Crippen molar-refractivity contribution in [3.63, 3.8) is 0 Å². The Morgan fingerprint density at radius 2 is 2.30 bits per heavy atom. The van der Waals surface area contributed by atoms with E-state index in [1.165, 1.54) is 5.56 Å². The van der Waals surface area contributed by atoms with Crippen LogP contribution in [0.4, 0.5) is 0 Å². The summed E-state index contributed by atoms with van der Waals surface area (Å²) in [6.07, 6.45) is 2.74. The van der Waals surface area contributed by atoms with Gasteiger partial charge in [-0.1, -0.05) is 23.7 Å². The summed E-state index contributed by atoms with van der Waals surface area (Å²) < 4.78 is 0. The molecule has 0 bridgehead atoms. The first-order chi connectivity index (χ1) is 9.65. The molecule has 0 spiro atoms. The van der Waals surface area contributed by atoms with Gasteiger partial charge < -0.3 is 11.1 Å². The van der Waals surface area contributed by atoms with E-state index in [4.69, 9.17) is 17.3 Å². The lowest BCUT2D eigenvalue weighted by atomic mass is 10.1. The van der Waals surface area contributed by atoms with Crippen molar-refractivity contribution in [2.75, 3.05) is 12.3 Å². The van der Waals surface area contributed by atoms with Crippen molar-refractivity contribution in [2.24, 2.45) is 11.7 Å². The Morgan fingerprint density at radius 3 is 3.00 bits per heavy atom. The fourth-order valence-electron chi connectivity index (χ4n) is 2.46. The zero-order chi connectivity index (χ0) is 14.4. The fourth-order valence-corrected chi connectivity index (χ4v) is 3.48. The van der Waals surface area contributed by atoms with E-state index >= 15 is 0 Å². The highest BCUT2D eigenvalue weighted by atomic mass is 35.5. The number of hydrogen-bond acceptors (Lipinski definition) is 3. The number of amides is 1. The van der Waals surface area contributed by atoms with Crippen LogP contribution in [-0.2, 0) is 10.5 Å². The Kier molecular flexibility index (Phi) is 6.20. The third-order valence-corrected chi connectivity index (χ3v) is 4.81. The van der Waals surface area contributed by atoms with E-state index in [1.54, 1.807) is 11.8 Å². The van der Waals surface area contributed by atoms with Gasteiger partial charge in [-0.2, -0.15) is 11.8 Å². The average Bonchev–Trinajstić information content (AvgIpc) is 2.85. The van der Waals surface area contributed by atoms with Crippen LogP contribution in [0, 0.1) is 5.92 Å². The molecule has 20 heavy (non-hydrogen) atoms. The highest BCUT2D eigenvalue weighted by Gasteiger charge is 2.27. The van der Waals surface area contributed by atoms with Gasteiger partial charge in [0.2, 0.25) is 5.91 Å². The molecular formula is C15H21ClN2OS. The van der Waals surface area contributed by atoms with Gasteiger partial charge >= 0.3 is 0 Å². The molecule has 110 valence electrons. The summed E-state index contributed by atoms with van der Waals surface area (Å²) >= 11 is 7.74. The first-order valence-corrected chi connectivity index (χ1v) is 8.54. The summed E-state index contributed by atoms with van der Waals surface area (Å²) in [5.74, 6) is 2.13. The molecule has 1 aliphatic rings. The van der Waals surface area contributed by atoms with Crippen LogP contribution in [0.15, 0.2) is 24.3 Å². The molecule has 3 nitrogen and oxygen atoms in total. The number of carbonyl (C=O) groups excluding carboxylic acids is 1. The second-order valence-corrected chi connectivity index (χ2v) is 6.79. The number of hydrogen-bond donors (Lipinski definition) is 2. The monoisotopic (exact) mass is 312 g/mol. The molecule has 2 rings (SSSR count). The van der Waals surface area contributed by atoms with Crippen LogP contribution in [0.2, 0.25) is 5.02 Å². The van der Waals surface area contributed by atoms with Gasteiger partial charge in [0.15, 0.2) is 0 Å². The molecule has 0 heterocycles. The molecule has 1 aliphatic carbocycles. The summed E-state index contributed by atoms with van der Waals surface area (Å²) in [5, 5.41) is 3.77. The number of nitrogens with two attached hydrogens (primary N) is 1.